The molecule has 1 aromatic heterocycles. The van der Waals surface area contributed by atoms with Crippen LogP contribution in [0.15, 0.2) is 34.0 Å². The smallest absolute Gasteiger partial charge is 0.258 e. The van der Waals surface area contributed by atoms with E-state index in [0.29, 0.717) is 24.5 Å². The van der Waals surface area contributed by atoms with Crippen molar-refractivity contribution in [3.63, 3.8) is 0 Å². The monoisotopic (exact) mass is 327 g/mol. The third-order valence-electron chi connectivity index (χ3n) is 4.62. The highest BCUT2D eigenvalue weighted by Gasteiger charge is 2.35. The minimum absolute atomic E-state index is 0.0369. The molecule has 2 aliphatic rings. The first kappa shape index (κ1) is 14.5. The fourth-order valence-corrected chi connectivity index (χ4v) is 4.49. The van der Waals surface area contributed by atoms with Gasteiger partial charge in [0.15, 0.2) is 0 Å². The molecule has 0 unspecified atom stereocenters. The van der Waals surface area contributed by atoms with E-state index in [1.54, 1.807) is 28.3 Å². The van der Waals surface area contributed by atoms with E-state index in [4.69, 9.17) is 0 Å². The first-order valence-corrected chi connectivity index (χ1v) is 8.51. The van der Waals surface area contributed by atoms with E-state index in [1.165, 1.54) is 10.5 Å². The Bertz CT molecular complexity index is 850. The van der Waals surface area contributed by atoms with Gasteiger partial charge in [-0.1, -0.05) is 18.2 Å². The Morgan fingerprint density at radius 2 is 2.09 bits per heavy atom. The third kappa shape index (κ3) is 2.28. The fraction of sp³-hybridized carbons (Fsp3) is 0.353. The number of hydrogen-bond acceptors (Lipinski definition) is 4. The number of aryl methyl sites for hydroxylation is 1. The summed E-state index contributed by atoms with van der Waals surface area (Å²) in [5.74, 6) is 0.787. The lowest BCUT2D eigenvalue weighted by Crippen LogP contribution is -2.34. The van der Waals surface area contributed by atoms with Crippen LogP contribution in [0.3, 0.4) is 0 Å². The number of thioether (sulfide) groups is 1. The molecule has 0 radical (unpaired) electrons. The van der Waals surface area contributed by atoms with Gasteiger partial charge in [0, 0.05) is 11.9 Å². The Hall–Kier alpha value is -2.08. The Balaban J connectivity index is 1.56. The van der Waals surface area contributed by atoms with Crippen LogP contribution in [0.25, 0.3) is 0 Å². The van der Waals surface area contributed by atoms with Crippen LogP contribution in [-0.4, -0.2) is 25.6 Å². The summed E-state index contributed by atoms with van der Waals surface area (Å²) in [5.41, 5.74) is 2.61. The van der Waals surface area contributed by atoms with Crippen molar-refractivity contribution in [3.8, 4) is 0 Å². The van der Waals surface area contributed by atoms with Gasteiger partial charge in [-0.25, -0.2) is 4.98 Å². The zero-order chi connectivity index (χ0) is 16.1. The molecule has 6 heteroatoms. The molecule has 0 bridgehead atoms. The lowest BCUT2D eigenvalue weighted by atomic mass is 10.1. The number of hydrogen-bond donors (Lipinski definition) is 0. The molecule has 3 heterocycles. The van der Waals surface area contributed by atoms with Crippen LogP contribution >= 0.6 is 11.8 Å². The van der Waals surface area contributed by atoms with E-state index >= 15 is 0 Å². The summed E-state index contributed by atoms with van der Waals surface area (Å²) in [6.45, 7) is 2.63. The second kappa shape index (κ2) is 5.23. The number of aromatic nitrogens is 2. The molecule has 1 atom stereocenters. The van der Waals surface area contributed by atoms with Gasteiger partial charge in [-0.2, -0.15) is 0 Å². The lowest BCUT2D eigenvalue weighted by Gasteiger charge is -2.18. The largest absolute Gasteiger partial charge is 0.331 e. The summed E-state index contributed by atoms with van der Waals surface area (Å²) in [4.78, 5) is 32.6. The molecule has 0 N–H and O–H groups in total. The van der Waals surface area contributed by atoms with Crippen molar-refractivity contribution in [2.24, 2.45) is 7.05 Å². The van der Waals surface area contributed by atoms with Crippen LogP contribution in [0.4, 0.5) is 0 Å². The number of carbonyl (C=O) groups excluding carboxylic acids is 1. The molecule has 0 fully saturated rings. The Kier molecular flexibility index (Phi) is 3.30. The van der Waals surface area contributed by atoms with E-state index in [2.05, 4.69) is 17.1 Å². The number of fused-ring (bicyclic) bond motifs is 2. The molecule has 5 nitrogen and oxygen atoms in total. The van der Waals surface area contributed by atoms with Crippen molar-refractivity contribution in [2.45, 2.75) is 36.6 Å². The van der Waals surface area contributed by atoms with Crippen molar-refractivity contribution in [1.82, 2.24) is 14.5 Å². The van der Waals surface area contributed by atoms with Gasteiger partial charge in [0.2, 0.25) is 5.91 Å². The molecule has 2 aromatic rings. The molecule has 0 aliphatic carbocycles. The van der Waals surface area contributed by atoms with Crippen molar-refractivity contribution < 1.29 is 4.79 Å². The zero-order valence-electron chi connectivity index (χ0n) is 13.1. The Morgan fingerprint density at radius 3 is 2.87 bits per heavy atom. The zero-order valence-corrected chi connectivity index (χ0v) is 13.9. The molecule has 0 spiro atoms. The van der Waals surface area contributed by atoms with Gasteiger partial charge < -0.3 is 4.90 Å². The predicted octanol–water partition coefficient (Wildman–Crippen LogP) is 1.65. The van der Waals surface area contributed by atoms with Crippen molar-refractivity contribution in [2.75, 3.05) is 0 Å². The normalized spacial score (nSPS) is 18.9. The fourth-order valence-electron chi connectivity index (χ4n) is 3.21. The van der Waals surface area contributed by atoms with Gasteiger partial charge in [0.1, 0.15) is 5.82 Å². The molecular weight excluding hydrogens is 310 g/mol. The number of nitrogens with zero attached hydrogens (tertiary/aromatic N) is 3. The van der Waals surface area contributed by atoms with Gasteiger partial charge in [-0.3, -0.25) is 14.2 Å². The second-order valence-corrected chi connectivity index (χ2v) is 7.31. The molecule has 2 aliphatic heterocycles. The topological polar surface area (TPSA) is 55.2 Å². The quantitative estimate of drug-likeness (QED) is 0.799. The highest BCUT2D eigenvalue weighted by Crippen LogP contribution is 2.38. The Labute approximate surface area is 138 Å². The van der Waals surface area contributed by atoms with E-state index in [0.717, 1.165) is 12.1 Å². The first-order chi connectivity index (χ1) is 11.0. The molecule has 23 heavy (non-hydrogen) atoms. The highest BCUT2D eigenvalue weighted by atomic mass is 32.2. The number of benzene rings is 1. The second-order valence-electron chi connectivity index (χ2n) is 6.06. The summed E-state index contributed by atoms with van der Waals surface area (Å²) in [5, 5.41) is -0.0911. The van der Waals surface area contributed by atoms with E-state index in [9.17, 15) is 9.59 Å². The first-order valence-electron chi connectivity index (χ1n) is 7.63. The van der Waals surface area contributed by atoms with Crippen LogP contribution in [0.5, 0.6) is 0 Å². The van der Waals surface area contributed by atoms with Gasteiger partial charge in [-0.05, 0) is 25.0 Å². The molecule has 1 amide bonds. The maximum absolute atomic E-state index is 12.8. The molecule has 0 saturated heterocycles. The van der Waals surface area contributed by atoms with Crippen molar-refractivity contribution in [1.29, 1.82) is 0 Å². The summed E-state index contributed by atoms with van der Waals surface area (Å²) in [7, 11) is 1.72. The summed E-state index contributed by atoms with van der Waals surface area (Å²) < 4.78 is 1.55. The summed E-state index contributed by atoms with van der Waals surface area (Å²) in [6, 6.07) is 8.15. The highest BCUT2D eigenvalue weighted by molar-refractivity contribution is 8.01. The average Bonchev–Trinajstić information content (AvgIpc) is 3.15. The standard InChI is InChI=1S/C17H17N3O2S/c1-10-18-13-9-20(8-12(13)16(21)19(10)2)17(22)15-7-11-5-3-4-6-14(11)23-15/h3-6,15H,7-9H2,1-2H3/t15-/m1/s1. The SMILES string of the molecule is Cc1nc2c(c(=O)n1C)CN(C(=O)[C@H]1Cc3ccccc3S1)C2. The average molecular weight is 327 g/mol. The maximum Gasteiger partial charge on any atom is 0.258 e. The number of carbonyl (C=O) groups is 1. The van der Waals surface area contributed by atoms with Gasteiger partial charge in [0.05, 0.1) is 29.6 Å². The van der Waals surface area contributed by atoms with E-state index in [-0.39, 0.29) is 16.7 Å². The molecular formula is C17H17N3O2S. The van der Waals surface area contributed by atoms with Crippen molar-refractivity contribution in [3.05, 3.63) is 57.3 Å². The summed E-state index contributed by atoms with van der Waals surface area (Å²) >= 11 is 1.63. The van der Waals surface area contributed by atoms with E-state index in [1.807, 2.05) is 19.1 Å². The minimum Gasteiger partial charge on any atom is -0.331 e. The van der Waals surface area contributed by atoms with Crippen LogP contribution in [0, 0.1) is 6.92 Å². The molecule has 118 valence electrons. The lowest BCUT2D eigenvalue weighted by molar-refractivity contribution is -0.131. The molecule has 1 aromatic carbocycles. The molecule has 0 saturated carbocycles. The maximum atomic E-state index is 12.8. The van der Waals surface area contributed by atoms with E-state index < -0.39 is 0 Å². The van der Waals surface area contributed by atoms with Crippen LogP contribution < -0.4 is 5.56 Å². The van der Waals surface area contributed by atoms with Crippen molar-refractivity contribution >= 4 is 17.7 Å². The van der Waals surface area contributed by atoms with Gasteiger partial charge in [0.25, 0.3) is 5.56 Å². The minimum atomic E-state index is -0.0911. The van der Waals surface area contributed by atoms with Crippen LogP contribution in [0.1, 0.15) is 22.6 Å². The van der Waals surface area contributed by atoms with Gasteiger partial charge in [-0.15, -0.1) is 11.8 Å². The predicted molar refractivity (Wildman–Crippen MR) is 88.3 cm³/mol. The number of rotatable bonds is 1. The number of amides is 1. The van der Waals surface area contributed by atoms with Gasteiger partial charge >= 0.3 is 0 Å². The van der Waals surface area contributed by atoms with Crippen LogP contribution in [-0.2, 0) is 31.4 Å². The molecule has 4 rings (SSSR count). The Morgan fingerprint density at radius 1 is 1.30 bits per heavy atom. The van der Waals surface area contributed by atoms with Crippen LogP contribution in [0.2, 0.25) is 0 Å². The summed E-state index contributed by atoms with van der Waals surface area (Å²) in [6.07, 6.45) is 0.761. The third-order valence-corrected chi connectivity index (χ3v) is 5.92.